The number of fused-ring (bicyclic) bond motifs is 1. The van der Waals surface area contributed by atoms with E-state index in [-0.39, 0.29) is 0 Å². The lowest BCUT2D eigenvalue weighted by Gasteiger charge is -2.04. The minimum atomic E-state index is 0.580. The summed E-state index contributed by atoms with van der Waals surface area (Å²) in [5, 5.41) is 9.62. The first-order valence-corrected chi connectivity index (χ1v) is 6.22. The van der Waals surface area contributed by atoms with Crippen molar-refractivity contribution in [3.05, 3.63) is 58.1 Å². The van der Waals surface area contributed by atoms with Gasteiger partial charge in [0.15, 0.2) is 0 Å². The normalized spacial score (nSPS) is 11.0. The Morgan fingerprint density at radius 1 is 1.06 bits per heavy atom. The van der Waals surface area contributed by atoms with Crippen LogP contribution in [0.5, 0.6) is 0 Å². The fourth-order valence-electron chi connectivity index (χ4n) is 1.84. The maximum Gasteiger partial charge on any atom is 0.113 e. The van der Waals surface area contributed by atoms with Gasteiger partial charge in [0, 0.05) is 10.0 Å². The summed E-state index contributed by atoms with van der Waals surface area (Å²) in [4.78, 5) is 0. The van der Waals surface area contributed by atoms with Crippen LogP contribution in [0.3, 0.4) is 0 Å². The zero-order valence-corrected chi connectivity index (χ0v) is 10.9. The molecule has 0 saturated heterocycles. The molecular formula is C13H9Cl2N3. The van der Waals surface area contributed by atoms with E-state index in [1.165, 1.54) is 0 Å². The van der Waals surface area contributed by atoms with Gasteiger partial charge in [0.2, 0.25) is 0 Å². The maximum atomic E-state index is 6.14. The van der Waals surface area contributed by atoms with E-state index >= 15 is 0 Å². The van der Waals surface area contributed by atoms with Gasteiger partial charge in [0.1, 0.15) is 5.52 Å². The molecule has 0 aliphatic rings. The molecule has 0 N–H and O–H groups in total. The first-order valence-electron chi connectivity index (χ1n) is 5.46. The van der Waals surface area contributed by atoms with Crippen molar-refractivity contribution in [1.29, 1.82) is 0 Å². The van der Waals surface area contributed by atoms with Crippen molar-refractivity contribution in [1.82, 2.24) is 15.0 Å². The zero-order valence-electron chi connectivity index (χ0n) is 9.35. The van der Waals surface area contributed by atoms with Crippen molar-refractivity contribution in [3.8, 4) is 0 Å². The molecule has 1 heterocycles. The third kappa shape index (κ3) is 2.07. The monoisotopic (exact) mass is 277 g/mol. The van der Waals surface area contributed by atoms with E-state index in [4.69, 9.17) is 23.2 Å². The molecule has 0 aliphatic heterocycles. The third-order valence-corrected chi connectivity index (χ3v) is 3.36. The van der Waals surface area contributed by atoms with Crippen LogP contribution in [0, 0.1) is 0 Å². The Bertz CT molecular complexity index is 706. The number of hydrogen-bond donors (Lipinski definition) is 0. The van der Waals surface area contributed by atoms with E-state index in [1.807, 2.05) is 36.4 Å². The van der Waals surface area contributed by atoms with Gasteiger partial charge in [-0.2, -0.15) is 0 Å². The Kier molecular flexibility index (Phi) is 2.94. The first kappa shape index (κ1) is 11.5. The van der Waals surface area contributed by atoms with Crippen LogP contribution in [0.25, 0.3) is 11.0 Å². The molecule has 1 aromatic heterocycles. The first-order chi connectivity index (χ1) is 8.74. The summed E-state index contributed by atoms with van der Waals surface area (Å²) in [5.74, 6) is 0. The zero-order chi connectivity index (χ0) is 12.5. The molecule has 0 bridgehead atoms. The molecule has 18 heavy (non-hydrogen) atoms. The molecule has 0 fully saturated rings. The van der Waals surface area contributed by atoms with Gasteiger partial charge in [-0.25, -0.2) is 4.68 Å². The molecule has 0 atom stereocenters. The van der Waals surface area contributed by atoms with Crippen LogP contribution in [-0.2, 0) is 6.54 Å². The maximum absolute atomic E-state index is 6.14. The summed E-state index contributed by atoms with van der Waals surface area (Å²) < 4.78 is 1.79. The van der Waals surface area contributed by atoms with Crippen LogP contribution in [0.2, 0.25) is 10.0 Å². The molecule has 3 rings (SSSR count). The van der Waals surface area contributed by atoms with Crippen LogP contribution < -0.4 is 0 Å². The SMILES string of the molecule is Clc1ccc2nnn(Cc3ccccc3Cl)c2c1. The molecule has 0 unspecified atom stereocenters. The molecule has 0 aliphatic carbocycles. The van der Waals surface area contributed by atoms with Crippen molar-refractivity contribution in [2.24, 2.45) is 0 Å². The highest BCUT2D eigenvalue weighted by atomic mass is 35.5. The molecule has 3 nitrogen and oxygen atoms in total. The summed E-state index contributed by atoms with van der Waals surface area (Å²) in [6.45, 7) is 0.580. The van der Waals surface area contributed by atoms with Crippen molar-refractivity contribution < 1.29 is 0 Å². The highest BCUT2D eigenvalue weighted by Gasteiger charge is 2.07. The Balaban J connectivity index is 2.05. The smallest absolute Gasteiger partial charge is 0.113 e. The lowest BCUT2D eigenvalue weighted by Crippen LogP contribution is -2.02. The summed E-state index contributed by atoms with van der Waals surface area (Å²) >= 11 is 12.1. The van der Waals surface area contributed by atoms with Crippen molar-refractivity contribution in [2.45, 2.75) is 6.54 Å². The molecule has 0 spiro atoms. The molecule has 90 valence electrons. The van der Waals surface area contributed by atoms with Crippen LogP contribution in [0.15, 0.2) is 42.5 Å². The Hall–Kier alpha value is -1.58. The average Bonchev–Trinajstić information content (AvgIpc) is 2.75. The quantitative estimate of drug-likeness (QED) is 0.714. The summed E-state index contributed by atoms with van der Waals surface area (Å²) in [5.41, 5.74) is 2.74. The van der Waals surface area contributed by atoms with Gasteiger partial charge in [0.25, 0.3) is 0 Å². The number of rotatable bonds is 2. The minimum absolute atomic E-state index is 0.580. The van der Waals surface area contributed by atoms with Crippen LogP contribution in [0.1, 0.15) is 5.56 Å². The Morgan fingerprint density at radius 3 is 2.72 bits per heavy atom. The van der Waals surface area contributed by atoms with Crippen LogP contribution in [0.4, 0.5) is 0 Å². The summed E-state index contributed by atoms with van der Waals surface area (Å²) in [6.07, 6.45) is 0. The van der Waals surface area contributed by atoms with Gasteiger partial charge in [-0.3, -0.25) is 0 Å². The molecule has 0 radical (unpaired) electrons. The summed E-state index contributed by atoms with van der Waals surface area (Å²) in [6, 6.07) is 13.2. The van der Waals surface area contributed by atoms with Crippen LogP contribution in [-0.4, -0.2) is 15.0 Å². The lowest BCUT2D eigenvalue weighted by molar-refractivity contribution is 0.670. The topological polar surface area (TPSA) is 30.7 Å². The van der Waals surface area contributed by atoms with Gasteiger partial charge in [-0.05, 0) is 29.8 Å². The molecule has 0 amide bonds. The predicted octanol–water partition coefficient (Wildman–Crippen LogP) is 3.79. The van der Waals surface area contributed by atoms with Gasteiger partial charge < -0.3 is 0 Å². The van der Waals surface area contributed by atoms with E-state index in [9.17, 15) is 0 Å². The van der Waals surface area contributed by atoms with Gasteiger partial charge in [-0.15, -0.1) is 5.10 Å². The molecular weight excluding hydrogens is 269 g/mol. The molecule has 3 aromatic rings. The van der Waals surface area contributed by atoms with Crippen LogP contribution >= 0.6 is 23.2 Å². The predicted molar refractivity (Wildman–Crippen MR) is 73.1 cm³/mol. The number of benzene rings is 2. The van der Waals surface area contributed by atoms with Gasteiger partial charge in [0.05, 0.1) is 12.1 Å². The van der Waals surface area contributed by atoms with Crippen molar-refractivity contribution >= 4 is 34.2 Å². The highest BCUT2D eigenvalue weighted by Crippen LogP contribution is 2.20. The van der Waals surface area contributed by atoms with Gasteiger partial charge >= 0.3 is 0 Å². The second-order valence-corrected chi connectivity index (χ2v) is 4.82. The van der Waals surface area contributed by atoms with Crippen molar-refractivity contribution in [3.63, 3.8) is 0 Å². The van der Waals surface area contributed by atoms with E-state index in [0.717, 1.165) is 21.6 Å². The fraction of sp³-hybridized carbons (Fsp3) is 0.0769. The highest BCUT2D eigenvalue weighted by molar-refractivity contribution is 6.31. The molecule has 0 saturated carbocycles. The number of halogens is 2. The minimum Gasteiger partial charge on any atom is -0.240 e. The summed E-state index contributed by atoms with van der Waals surface area (Å²) in [7, 11) is 0. The molecule has 5 heteroatoms. The van der Waals surface area contributed by atoms with Gasteiger partial charge in [-0.1, -0.05) is 46.6 Å². The average molecular weight is 278 g/mol. The van der Waals surface area contributed by atoms with E-state index in [0.29, 0.717) is 11.6 Å². The number of hydrogen-bond acceptors (Lipinski definition) is 2. The Labute approximate surface area is 114 Å². The second kappa shape index (κ2) is 4.59. The number of nitrogens with zero attached hydrogens (tertiary/aromatic N) is 3. The largest absolute Gasteiger partial charge is 0.240 e. The second-order valence-electron chi connectivity index (χ2n) is 3.97. The van der Waals surface area contributed by atoms with Crippen molar-refractivity contribution in [2.75, 3.05) is 0 Å². The fourth-order valence-corrected chi connectivity index (χ4v) is 2.20. The van der Waals surface area contributed by atoms with E-state index in [1.54, 1.807) is 10.7 Å². The lowest BCUT2D eigenvalue weighted by atomic mass is 10.2. The standard InChI is InChI=1S/C13H9Cl2N3/c14-10-5-6-12-13(7-10)18(17-16-12)8-9-3-1-2-4-11(9)15/h1-7H,8H2. The third-order valence-electron chi connectivity index (χ3n) is 2.75. The molecule has 2 aromatic carbocycles. The number of aromatic nitrogens is 3. The van der Waals surface area contributed by atoms with E-state index in [2.05, 4.69) is 10.3 Å². The Morgan fingerprint density at radius 2 is 1.89 bits per heavy atom. The van der Waals surface area contributed by atoms with E-state index < -0.39 is 0 Å².